The van der Waals surface area contributed by atoms with Crippen LogP contribution in [0.2, 0.25) is 5.02 Å². The number of para-hydroxylation sites is 1. The molecule has 0 spiro atoms. The molecular formula is C27H33ClN4O4. The third-order valence-electron chi connectivity index (χ3n) is 8.24. The van der Waals surface area contributed by atoms with Gasteiger partial charge in [-0.1, -0.05) is 55.8 Å². The summed E-state index contributed by atoms with van der Waals surface area (Å²) in [6, 6.07) is 5.85. The fourth-order valence-corrected chi connectivity index (χ4v) is 6.51. The first-order valence-electron chi connectivity index (χ1n) is 13.1. The summed E-state index contributed by atoms with van der Waals surface area (Å²) < 4.78 is 0. The molecule has 1 saturated carbocycles. The van der Waals surface area contributed by atoms with Crippen molar-refractivity contribution in [3.8, 4) is 0 Å². The van der Waals surface area contributed by atoms with Crippen LogP contribution in [0.4, 0.5) is 0 Å². The molecule has 9 heteroatoms. The Balaban J connectivity index is 1.36. The van der Waals surface area contributed by atoms with Gasteiger partial charge in [0.15, 0.2) is 0 Å². The van der Waals surface area contributed by atoms with Crippen LogP contribution in [-0.4, -0.2) is 59.1 Å². The molecule has 3 heterocycles. The summed E-state index contributed by atoms with van der Waals surface area (Å²) in [6.45, 7) is 1.10. The third kappa shape index (κ3) is 5.01. The SMILES string of the molecule is O=C[C@H](C[C@@H]1CCNC1=O)NC(=O)[C@@H]1C[C@@H](C2CCCCC2)CN1C(=O)c1cc2cccc(Cl)c2[nH]1. The van der Waals surface area contributed by atoms with Crippen molar-refractivity contribution in [2.45, 2.75) is 63.5 Å². The highest BCUT2D eigenvalue weighted by Crippen LogP contribution is 2.38. The van der Waals surface area contributed by atoms with Gasteiger partial charge in [0.2, 0.25) is 11.8 Å². The van der Waals surface area contributed by atoms with E-state index >= 15 is 0 Å². The summed E-state index contributed by atoms with van der Waals surface area (Å²) >= 11 is 6.31. The quantitative estimate of drug-likeness (QED) is 0.493. The van der Waals surface area contributed by atoms with Gasteiger partial charge in [0, 0.05) is 24.4 Å². The number of fused-ring (bicyclic) bond motifs is 1. The second-order valence-electron chi connectivity index (χ2n) is 10.5. The molecule has 0 unspecified atom stereocenters. The molecule has 3 fully saturated rings. The Morgan fingerprint density at radius 2 is 1.97 bits per heavy atom. The van der Waals surface area contributed by atoms with Crippen molar-refractivity contribution in [2.24, 2.45) is 17.8 Å². The number of aldehydes is 1. The van der Waals surface area contributed by atoms with E-state index in [9.17, 15) is 19.2 Å². The molecule has 1 aromatic carbocycles. The monoisotopic (exact) mass is 512 g/mol. The third-order valence-corrected chi connectivity index (χ3v) is 8.56. The molecule has 2 saturated heterocycles. The normalized spacial score (nSPS) is 25.6. The summed E-state index contributed by atoms with van der Waals surface area (Å²) in [6.07, 6.45) is 8.05. The van der Waals surface area contributed by atoms with Crippen molar-refractivity contribution in [1.82, 2.24) is 20.5 Å². The lowest BCUT2D eigenvalue weighted by atomic mass is 9.79. The molecule has 192 valence electrons. The fraction of sp³-hybridized carbons (Fsp3) is 0.556. The van der Waals surface area contributed by atoms with Crippen LogP contribution in [0.5, 0.6) is 0 Å². The zero-order valence-corrected chi connectivity index (χ0v) is 21.1. The molecule has 3 N–H and O–H groups in total. The number of aromatic nitrogens is 1. The summed E-state index contributed by atoms with van der Waals surface area (Å²) in [5.41, 5.74) is 1.09. The van der Waals surface area contributed by atoms with Crippen molar-refractivity contribution in [3.63, 3.8) is 0 Å². The van der Waals surface area contributed by atoms with Crippen molar-refractivity contribution >= 4 is 46.5 Å². The van der Waals surface area contributed by atoms with E-state index < -0.39 is 12.1 Å². The van der Waals surface area contributed by atoms with Crippen molar-refractivity contribution < 1.29 is 19.2 Å². The van der Waals surface area contributed by atoms with Gasteiger partial charge >= 0.3 is 0 Å². The summed E-state index contributed by atoms with van der Waals surface area (Å²) in [7, 11) is 0. The van der Waals surface area contributed by atoms with Crippen molar-refractivity contribution in [1.29, 1.82) is 0 Å². The lowest BCUT2D eigenvalue weighted by Crippen LogP contribution is -2.49. The predicted octanol–water partition coefficient (Wildman–Crippen LogP) is 3.44. The smallest absolute Gasteiger partial charge is 0.270 e. The van der Waals surface area contributed by atoms with E-state index in [2.05, 4.69) is 15.6 Å². The molecular weight excluding hydrogens is 480 g/mol. The van der Waals surface area contributed by atoms with Crippen LogP contribution >= 0.6 is 11.6 Å². The minimum absolute atomic E-state index is 0.0800. The number of carbonyl (C=O) groups is 4. The molecule has 4 atom stereocenters. The van der Waals surface area contributed by atoms with E-state index in [1.807, 2.05) is 12.1 Å². The van der Waals surface area contributed by atoms with Gasteiger partial charge in [-0.15, -0.1) is 0 Å². The molecule has 8 nitrogen and oxygen atoms in total. The molecule has 3 aliphatic rings. The highest BCUT2D eigenvalue weighted by atomic mass is 35.5. The lowest BCUT2D eigenvalue weighted by molar-refractivity contribution is -0.128. The fourth-order valence-electron chi connectivity index (χ4n) is 6.28. The zero-order chi connectivity index (χ0) is 25.2. The Hall–Kier alpha value is -2.87. The van der Waals surface area contributed by atoms with Gasteiger partial charge < -0.3 is 25.3 Å². The highest BCUT2D eigenvalue weighted by molar-refractivity contribution is 6.35. The zero-order valence-electron chi connectivity index (χ0n) is 20.3. The minimum Gasteiger partial charge on any atom is -0.356 e. The largest absolute Gasteiger partial charge is 0.356 e. The molecule has 1 aromatic heterocycles. The lowest BCUT2D eigenvalue weighted by Gasteiger charge is -2.27. The average molecular weight is 513 g/mol. The van der Waals surface area contributed by atoms with Crippen LogP contribution in [0.1, 0.15) is 61.9 Å². The maximum Gasteiger partial charge on any atom is 0.270 e. The second-order valence-corrected chi connectivity index (χ2v) is 10.9. The predicted molar refractivity (Wildman–Crippen MR) is 137 cm³/mol. The first-order valence-corrected chi connectivity index (χ1v) is 13.4. The molecule has 1 aliphatic carbocycles. The van der Waals surface area contributed by atoms with Gasteiger partial charge in [0.1, 0.15) is 18.0 Å². The number of H-pyrrole nitrogens is 1. The van der Waals surface area contributed by atoms with Crippen LogP contribution in [0.25, 0.3) is 10.9 Å². The maximum absolute atomic E-state index is 13.7. The minimum atomic E-state index is -0.760. The standard InChI is InChI=1S/C27H33ClN4O4/c28-21-8-4-7-17-12-22(31-24(17)21)27(36)32-14-19(16-5-2-1-3-6-16)13-23(32)26(35)30-20(15-33)11-18-9-10-29-25(18)34/h4,7-8,12,15-16,18-20,23,31H,1-3,5-6,9-11,13-14H2,(H,29,34)(H,30,35)/t18-,19+,20-,23-/m0/s1. The number of hydrogen-bond donors (Lipinski definition) is 3. The topological polar surface area (TPSA) is 111 Å². The van der Waals surface area contributed by atoms with Crippen molar-refractivity contribution in [3.05, 3.63) is 35.0 Å². The van der Waals surface area contributed by atoms with Gasteiger partial charge in [-0.05, 0) is 43.2 Å². The maximum atomic E-state index is 13.7. The molecule has 36 heavy (non-hydrogen) atoms. The number of nitrogens with one attached hydrogen (secondary N) is 3. The Kier molecular flexibility index (Phi) is 7.32. The Bertz CT molecular complexity index is 1160. The number of halogens is 1. The summed E-state index contributed by atoms with van der Waals surface area (Å²) in [5.74, 6) is -0.192. The molecule has 3 amide bonds. The summed E-state index contributed by atoms with van der Waals surface area (Å²) in [4.78, 5) is 55.7. The number of likely N-dealkylation sites (tertiary alicyclic amines) is 1. The molecule has 0 bridgehead atoms. The van der Waals surface area contributed by atoms with E-state index in [0.717, 1.165) is 18.2 Å². The van der Waals surface area contributed by atoms with E-state index in [1.54, 1.807) is 17.0 Å². The van der Waals surface area contributed by atoms with Crippen molar-refractivity contribution in [2.75, 3.05) is 13.1 Å². The number of carbonyl (C=O) groups excluding carboxylic acids is 4. The van der Waals surface area contributed by atoms with E-state index in [-0.39, 0.29) is 36.0 Å². The first kappa shape index (κ1) is 24.8. The average Bonchev–Trinajstić information content (AvgIpc) is 3.63. The highest BCUT2D eigenvalue weighted by Gasteiger charge is 2.43. The molecule has 0 radical (unpaired) electrons. The number of rotatable bonds is 7. The van der Waals surface area contributed by atoms with Gasteiger partial charge in [0.05, 0.1) is 16.6 Å². The number of aromatic amines is 1. The molecule has 5 rings (SSSR count). The molecule has 2 aromatic rings. The second kappa shape index (κ2) is 10.6. The first-order chi connectivity index (χ1) is 17.4. The van der Waals surface area contributed by atoms with E-state index in [0.29, 0.717) is 54.4 Å². The van der Waals surface area contributed by atoms with Crippen LogP contribution in [0.15, 0.2) is 24.3 Å². The molecule has 2 aliphatic heterocycles. The Labute approximate surface area is 215 Å². The van der Waals surface area contributed by atoms with Gasteiger partial charge in [0.25, 0.3) is 5.91 Å². The number of benzene rings is 1. The van der Waals surface area contributed by atoms with Crippen LogP contribution in [-0.2, 0) is 14.4 Å². The van der Waals surface area contributed by atoms with Crippen LogP contribution < -0.4 is 10.6 Å². The van der Waals surface area contributed by atoms with Gasteiger partial charge in [-0.2, -0.15) is 0 Å². The van der Waals surface area contributed by atoms with Gasteiger partial charge in [-0.3, -0.25) is 14.4 Å². The van der Waals surface area contributed by atoms with E-state index in [1.165, 1.54) is 19.3 Å². The Morgan fingerprint density at radius 3 is 2.67 bits per heavy atom. The van der Waals surface area contributed by atoms with Crippen LogP contribution in [0.3, 0.4) is 0 Å². The van der Waals surface area contributed by atoms with Gasteiger partial charge in [-0.25, -0.2) is 0 Å². The number of amides is 3. The van der Waals surface area contributed by atoms with Crippen LogP contribution in [0, 0.1) is 17.8 Å². The summed E-state index contributed by atoms with van der Waals surface area (Å²) in [5, 5.41) is 6.98. The Morgan fingerprint density at radius 1 is 1.17 bits per heavy atom. The number of nitrogens with zero attached hydrogens (tertiary/aromatic N) is 1. The number of hydrogen-bond acceptors (Lipinski definition) is 4. The van der Waals surface area contributed by atoms with E-state index in [4.69, 9.17) is 11.6 Å².